The van der Waals surface area contributed by atoms with Gasteiger partial charge in [0.1, 0.15) is 19.1 Å². The fourth-order valence-electron chi connectivity index (χ4n) is 3.69. The van der Waals surface area contributed by atoms with Gasteiger partial charge in [-0.2, -0.15) is 0 Å². The van der Waals surface area contributed by atoms with Gasteiger partial charge in [-0.25, -0.2) is 0 Å². The van der Waals surface area contributed by atoms with Crippen molar-refractivity contribution in [2.75, 3.05) is 21.0 Å². The van der Waals surface area contributed by atoms with Crippen LogP contribution in [-0.2, 0) is 27.2 Å². The molecule has 0 aromatic heterocycles. The second kappa shape index (κ2) is 13.7. The van der Waals surface area contributed by atoms with E-state index in [2.05, 4.69) is 60.6 Å². The van der Waals surface area contributed by atoms with Crippen molar-refractivity contribution in [3.63, 3.8) is 0 Å². The van der Waals surface area contributed by atoms with Crippen molar-refractivity contribution in [1.82, 2.24) is 0 Å². The van der Waals surface area contributed by atoms with Gasteiger partial charge in [0.2, 0.25) is 0 Å². The van der Waals surface area contributed by atoms with Gasteiger partial charge in [-0.1, -0.05) is 66.2 Å². The summed E-state index contributed by atoms with van der Waals surface area (Å²) in [7, 11) is 3.37. The molecule has 0 radical (unpaired) electrons. The number of methoxy groups -OCH3 is 2. The maximum Gasteiger partial charge on any atom is 0.146 e. The molecule has 2 rings (SSSR count). The Morgan fingerprint density at radius 3 is 2.42 bits per heavy atom. The SMILES string of the molecule is C=C[C@H](C)[C@@H](OCOC)[C@H](C[C@H](C)Cc1cc(Br)cc(OCc2ccccc2)c1)OC. The molecule has 0 fully saturated rings. The highest BCUT2D eigenvalue weighted by Crippen LogP contribution is 2.27. The molecule has 0 unspecified atom stereocenters. The molecule has 0 spiro atoms. The zero-order valence-electron chi connectivity index (χ0n) is 19.1. The molecule has 0 heterocycles. The van der Waals surface area contributed by atoms with Crippen molar-refractivity contribution in [2.45, 2.75) is 45.5 Å². The van der Waals surface area contributed by atoms with Gasteiger partial charge in [0, 0.05) is 24.6 Å². The van der Waals surface area contributed by atoms with E-state index < -0.39 is 0 Å². The van der Waals surface area contributed by atoms with Gasteiger partial charge in [0.25, 0.3) is 0 Å². The number of rotatable bonds is 14. The fourth-order valence-corrected chi connectivity index (χ4v) is 4.21. The first-order valence-electron chi connectivity index (χ1n) is 10.7. The van der Waals surface area contributed by atoms with E-state index in [1.54, 1.807) is 14.2 Å². The molecular weight excluding hydrogens is 456 g/mol. The van der Waals surface area contributed by atoms with E-state index in [4.69, 9.17) is 18.9 Å². The first-order chi connectivity index (χ1) is 15.0. The van der Waals surface area contributed by atoms with Crippen LogP contribution in [0.2, 0.25) is 0 Å². The molecule has 31 heavy (non-hydrogen) atoms. The highest BCUT2D eigenvalue weighted by Gasteiger charge is 2.28. The lowest BCUT2D eigenvalue weighted by Crippen LogP contribution is -2.37. The van der Waals surface area contributed by atoms with Gasteiger partial charge in [0.05, 0.1) is 12.2 Å². The predicted octanol–water partition coefficient (Wildman–Crippen LogP) is 6.42. The van der Waals surface area contributed by atoms with Crippen LogP contribution in [0.15, 0.2) is 65.7 Å². The minimum absolute atomic E-state index is 0.0425. The number of halogens is 1. The average Bonchev–Trinajstić information content (AvgIpc) is 2.77. The molecular formula is C26H35BrO4. The predicted molar refractivity (Wildman–Crippen MR) is 129 cm³/mol. The molecule has 0 amide bonds. The Hall–Kier alpha value is -1.66. The molecule has 0 aliphatic carbocycles. The van der Waals surface area contributed by atoms with Gasteiger partial charge in [-0.05, 0) is 48.1 Å². The molecule has 0 aliphatic heterocycles. The van der Waals surface area contributed by atoms with Crippen LogP contribution in [0.1, 0.15) is 31.4 Å². The van der Waals surface area contributed by atoms with Crippen LogP contribution >= 0.6 is 15.9 Å². The molecule has 0 N–H and O–H groups in total. The van der Waals surface area contributed by atoms with Crippen LogP contribution < -0.4 is 4.74 Å². The smallest absolute Gasteiger partial charge is 0.146 e. The van der Waals surface area contributed by atoms with E-state index in [-0.39, 0.29) is 24.9 Å². The van der Waals surface area contributed by atoms with Gasteiger partial charge >= 0.3 is 0 Å². The van der Waals surface area contributed by atoms with Crippen LogP contribution in [0.3, 0.4) is 0 Å². The zero-order chi connectivity index (χ0) is 22.6. The van der Waals surface area contributed by atoms with E-state index in [1.807, 2.05) is 30.3 Å². The maximum absolute atomic E-state index is 6.03. The molecule has 170 valence electrons. The summed E-state index contributed by atoms with van der Waals surface area (Å²) in [4.78, 5) is 0. The normalized spacial score (nSPS) is 15.1. The number of benzene rings is 2. The van der Waals surface area contributed by atoms with Gasteiger partial charge in [-0.15, -0.1) is 6.58 Å². The Morgan fingerprint density at radius 1 is 1.03 bits per heavy atom. The van der Waals surface area contributed by atoms with E-state index in [9.17, 15) is 0 Å². The fraction of sp³-hybridized carbons (Fsp3) is 0.462. The summed E-state index contributed by atoms with van der Waals surface area (Å²) in [6.07, 6.45) is 3.55. The lowest BCUT2D eigenvalue weighted by atomic mass is 9.89. The van der Waals surface area contributed by atoms with Crippen LogP contribution in [0.4, 0.5) is 0 Å². The van der Waals surface area contributed by atoms with Gasteiger partial charge in [0.15, 0.2) is 0 Å². The second-order valence-electron chi connectivity index (χ2n) is 8.02. The molecule has 2 aromatic rings. The van der Waals surface area contributed by atoms with Gasteiger partial charge in [-0.3, -0.25) is 0 Å². The lowest BCUT2D eigenvalue weighted by Gasteiger charge is -2.31. The first kappa shape index (κ1) is 25.6. The topological polar surface area (TPSA) is 36.9 Å². The van der Waals surface area contributed by atoms with E-state index in [1.165, 1.54) is 5.56 Å². The summed E-state index contributed by atoms with van der Waals surface area (Å²) in [6.45, 7) is 9.04. The Balaban J connectivity index is 2.01. The number of hydrogen-bond donors (Lipinski definition) is 0. The largest absolute Gasteiger partial charge is 0.489 e. The molecule has 0 bridgehead atoms. The molecule has 0 aliphatic rings. The Bertz CT molecular complexity index is 780. The summed E-state index contributed by atoms with van der Waals surface area (Å²) < 4.78 is 23.9. The highest BCUT2D eigenvalue weighted by molar-refractivity contribution is 9.10. The molecule has 5 heteroatoms. The van der Waals surface area contributed by atoms with Crippen LogP contribution in [-0.4, -0.2) is 33.2 Å². The Kier molecular flexibility index (Phi) is 11.3. The minimum Gasteiger partial charge on any atom is -0.489 e. The molecule has 0 saturated heterocycles. The number of ether oxygens (including phenoxy) is 4. The molecule has 4 nitrogen and oxygen atoms in total. The summed E-state index contributed by atoms with van der Waals surface area (Å²) in [5, 5.41) is 0. The Labute approximate surface area is 195 Å². The lowest BCUT2D eigenvalue weighted by molar-refractivity contribution is -0.136. The van der Waals surface area contributed by atoms with Crippen molar-refractivity contribution in [2.24, 2.45) is 11.8 Å². The van der Waals surface area contributed by atoms with Crippen molar-refractivity contribution in [1.29, 1.82) is 0 Å². The third-order valence-corrected chi connectivity index (χ3v) is 5.79. The summed E-state index contributed by atoms with van der Waals surface area (Å²) >= 11 is 3.62. The Morgan fingerprint density at radius 2 is 1.77 bits per heavy atom. The van der Waals surface area contributed by atoms with Crippen molar-refractivity contribution in [3.8, 4) is 5.75 Å². The summed E-state index contributed by atoms with van der Waals surface area (Å²) in [6, 6.07) is 16.5. The van der Waals surface area contributed by atoms with Crippen molar-refractivity contribution < 1.29 is 18.9 Å². The highest BCUT2D eigenvalue weighted by atomic mass is 79.9. The third kappa shape index (κ3) is 8.77. The van der Waals surface area contributed by atoms with Crippen LogP contribution in [0.5, 0.6) is 5.75 Å². The number of hydrogen-bond acceptors (Lipinski definition) is 4. The summed E-state index contributed by atoms with van der Waals surface area (Å²) in [5.74, 6) is 1.42. The maximum atomic E-state index is 6.03. The average molecular weight is 491 g/mol. The van der Waals surface area contributed by atoms with Gasteiger partial charge < -0.3 is 18.9 Å². The van der Waals surface area contributed by atoms with E-state index in [0.29, 0.717) is 12.5 Å². The van der Waals surface area contributed by atoms with Crippen LogP contribution in [0.25, 0.3) is 0 Å². The zero-order valence-corrected chi connectivity index (χ0v) is 20.6. The molecule has 2 aromatic carbocycles. The second-order valence-corrected chi connectivity index (χ2v) is 8.94. The molecule has 4 atom stereocenters. The summed E-state index contributed by atoms with van der Waals surface area (Å²) in [5.41, 5.74) is 2.38. The monoisotopic (exact) mass is 490 g/mol. The quantitative estimate of drug-likeness (QED) is 0.226. The molecule has 0 saturated carbocycles. The van der Waals surface area contributed by atoms with E-state index in [0.717, 1.165) is 28.6 Å². The van der Waals surface area contributed by atoms with E-state index >= 15 is 0 Å². The standard InChI is InChI=1S/C26H35BrO4/c1-6-20(3)26(31-18-28-4)25(29-5)13-19(2)12-22-14-23(27)16-24(15-22)30-17-21-10-8-7-9-11-21/h6-11,14-16,19-20,25-26H,1,12-13,17-18H2,2-5H3/t19-,20+,25+,26-/m1/s1. The minimum atomic E-state index is -0.0998. The third-order valence-electron chi connectivity index (χ3n) is 5.34. The van der Waals surface area contributed by atoms with Crippen molar-refractivity contribution in [3.05, 3.63) is 76.8 Å². The van der Waals surface area contributed by atoms with Crippen LogP contribution in [0, 0.1) is 11.8 Å². The first-order valence-corrected chi connectivity index (χ1v) is 11.5. The van der Waals surface area contributed by atoms with Crippen molar-refractivity contribution >= 4 is 15.9 Å².